The number of carbonyl (C=O) groups excluding carboxylic acids is 1. The van der Waals surface area contributed by atoms with Crippen molar-refractivity contribution in [1.29, 1.82) is 0 Å². The lowest BCUT2D eigenvalue weighted by Gasteiger charge is -2.35. The number of fused-ring (bicyclic) bond motifs is 1. The molecule has 2 aromatic carbocycles. The van der Waals surface area contributed by atoms with Crippen molar-refractivity contribution in [3.05, 3.63) is 54.1 Å². The molecule has 4 rings (SSSR count). The van der Waals surface area contributed by atoms with Gasteiger partial charge in [0.25, 0.3) is 5.91 Å². The molecule has 7 heteroatoms. The zero-order valence-corrected chi connectivity index (χ0v) is 17.3. The summed E-state index contributed by atoms with van der Waals surface area (Å²) in [5.74, 6) is 1.04. The number of rotatable bonds is 7. The molecule has 0 aliphatic carbocycles. The lowest BCUT2D eigenvalue weighted by Crippen LogP contribution is -2.46. The molecule has 0 radical (unpaired) electrons. The zero-order valence-electron chi connectivity index (χ0n) is 16.5. The van der Waals surface area contributed by atoms with Crippen LogP contribution in [-0.2, 0) is 0 Å². The van der Waals surface area contributed by atoms with E-state index in [1.54, 1.807) is 23.7 Å². The Balaban J connectivity index is 1.16. The number of carbonyl (C=O) groups is 1. The third-order valence-corrected chi connectivity index (χ3v) is 6.24. The molecule has 29 heavy (non-hydrogen) atoms. The molecule has 1 amide bonds. The number of benzene rings is 2. The molecule has 0 unspecified atom stereocenters. The predicted molar refractivity (Wildman–Crippen MR) is 121 cm³/mol. The molecule has 0 atom stereocenters. The number of amides is 1. The van der Waals surface area contributed by atoms with Crippen molar-refractivity contribution in [3.63, 3.8) is 0 Å². The van der Waals surface area contributed by atoms with Gasteiger partial charge in [-0.3, -0.25) is 9.69 Å². The van der Waals surface area contributed by atoms with Gasteiger partial charge >= 0.3 is 0 Å². The number of hydrogen-bond donors (Lipinski definition) is 2. The highest BCUT2D eigenvalue weighted by Gasteiger charge is 2.20. The van der Waals surface area contributed by atoms with Gasteiger partial charge in [0.15, 0.2) is 0 Å². The first-order valence-corrected chi connectivity index (χ1v) is 10.9. The van der Waals surface area contributed by atoms with Crippen molar-refractivity contribution in [2.24, 2.45) is 0 Å². The Morgan fingerprint density at radius 1 is 1.03 bits per heavy atom. The molecule has 1 fully saturated rings. The number of unbranched alkanes of at least 4 members (excludes halogenated alkanes) is 1. The van der Waals surface area contributed by atoms with Gasteiger partial charge < -0.3 is 16.0 Å². The summed E-state index contributed by atoms with van der Waals surface area (Å²) in [6.07, 6.45) is 2.04. The van der Waals surface area contributed by atoms with E-state index in [1.807, 2.05) is 12.1 Å². The van der Waals surface area contributed by atoms with Crippen LogP contribution in [0.3, 0.4) is 0 Å². The average molecular weight is 412 g/mol. The molecule has 2 heterocycles. The summed E-state index contributed by atoms with van der Waals surface area (Å²) < 4.78 is 5.93. The van der Waals surface area contributed by atoms with Crippen LogP contribution in [0.25, 0.3) is 10.1 Å². The van der Waals surface area contributed by atoms with Crippen LogP contribution in [-0.4, -0.2) is 54.4 Å². The Morgan fingerprint density at radius 3 is 2.62 bits per heavy atom. The van der Waals surface area contributed by atoms with Gasteiger partial charge in [-0.15, -0.1) is 0 Å². The Morgan fingerprint density at radius 2 is 1.79 bits per heavy atom. The first-order valence-electron chi connectivity index (χ1n) is 10.2. The van der Waals surface area contributed by atoms with E-state index in [0.29, 0.717) is 17.8 Å². The largest absolute Gasteiger partial charge is 0.398 e. The van der Waals surface area contributed by atoms with Crippen LogP contribution >= 0.6 is 11.5 Å². The highest BCUT2D eigenvalue weighted by molar-refractivity contribution is 7.13. The summed E-state index contributed by atoms with van der Waals surface area (Å²) in [4.78, 5) is 17.1. The van der Waals surface area contributed by atoms with Crippen molar-refractivity contribution in [2.75, 3.05) is 49.9 Å². The number of piperazine rings is 1. The standard InChI is InChI=1S/C22H27N5OS/c23-19-9-3-1-7-17(19)22(28)24-11-5-6-12-26-13-15-27(16-14-26)21-18-8-2-4-10-20(18)29-25-21/h1-4,7-10H,5-6,11-16,23H2,(H,24,28)/i22+2. The molecule has 3 aromatic rings. The molecule has 0 bridgehead atoms. The summed E-state index contributed by atoms with van der Waals surface area (Å²) >= 11 is 1.58. The second-order valence-corrected chi connectivity index (χ2v) is 8.19. The SMILES string of the molecule is Nc1ccccc1[14C](=O)NCCCCN1CCN(c2nsc3ccccc23)CC1. The maximum Gasteiger partial charge on any atom is 0.253 e. The van der Waals surface area contributed by atoms with Crippen molar-refractivity contribution in [3.8, 4) is 0 Å². The minimum atomic E-state index is -0.0906. The lowest BCUT2D eigenvalue weighted by atomic mass is 10.2. The lowest BCUT2D eigenvalue weighted by molar-refractivity contribution is 0.0953. The van der Waals surface area contributed by atoms with E-state index in [2.05, 4.69) is 43.8 Å². The number of anilines is 2. The van der Waals surface area contributed by atoms with E-state index in [9.17, 15) is 4.79 Å². The zero-order chi connectivity index (χ0) is 20.1. The molecular formula is C22H27N5OS. The van der Waals surface area contributed by atoms with Gasteiger partial charge in [0.05, 0.1) is 10.3 Å². The normalized spacial score (nSPS) is 15.0. The Hall–Kier alpha value is -2.64. The highest BCUT2D eigenvalue weighted by Crippen LogP contribution is 2.29. The van der Waals surface area contributed by atoms with E-state index in [4.69, 9.17) is 5.73 Å². The van der Waals surface area contributed by atoms with Crippen LogP contribution in [0.5, 0.6) is 0 Å². The molecule has 3 N–H and O–H groups in total. The van der Waals surface area contributed by atoms with Gasteiger partial charge in [-0.05, 0) is 55.2 Å². The third kappa shape index (κ3) is 4.68. The minimum absolute atomic E-state index is 0.0906. The molecule has 1 saturated heterocycles. The van der Waals surface area contributed by atoms with Gasteiger partial charge in [0, 0.05) is 43.8 Å². The second-order valence-electron chi connectivity index (χ2n) is 7.38. The van der Waals surface area contributed by atoms with Crippen molar-refractivity contribution >= 4 is 39.0 Å². The number of nitrogen functional groups attached to an aromatic ring is 1. The maximum atomic E-state index is 12.2. The van der Waals surface area contributed by atoms with E-state index < -0.39 is 0 Å². The van der Waals surface area contributed by atoms with Crippen LogP contribution < -0.4 is 16.0 Å². The number of aromatic nitrogens is 1. The van der Waals surface area contributed by atoms with Gasteiger partial charge in [-0.2, -0.15) is 4.37 Å². The van der Waals surface area contributed by atoms with Crippen molar-refractivity contribution < 1.29 is 4.79 Å². The number of nitrogens with two attached hydrogens (primary N) is 1. The average Bonchev–Trinajstić information content (AvgIpc) is 3.18. The van der Waals surface area contributed by atoms with Gasteiger partial charge in [0.2, 0.25) is 0 Å². The van der Waals surface area contributed by atoms with Crippen molar-refractivity contribution in [1.82, 2.24) is 14.6 Å². The van der Waals surface area contributed by atoms with E-state index >= 15 is 0 Å². The fourth-order valence-electron chi connectivity index (χ4n) is 3.75. The van der Waals surface area contributed by atoms with Crippen molar-refractivity contribution in [2.45, 2.75) is 12.8 Å². The van der Waals surface area contributed by atoms with E-state index in [-0.39, 0.29) is 5.91 Å². The van der Waals surface area contributed by atoms with Crippen LogP contribution in [0.4, 0.5) is 11.5 Å². The molecule has 152 valence electrons. The first kappa shape index (κ1) is 19.7. The maximum absolute atomic E-state index is 12.2. The molecule has 1 aliphatic rings. The summed E-state index contributed by atoms with van der Waals surface area (Å²) in [5.41, 5.74) is 6.93. The molecule has 0 spiro atoms. The second kappa shape index (κ2) is 9.24. The molecule has 6 nitrogen and oxygen atoms in total. The minimum Gasteiger partial charge on any atom is -0.398 e. The monoisotopic (exact) mass is 411 g/mol. The predicted octanol–water partition coefficient (Wildman–Crippen LogP) is 3.21. The number of para-hydroxylation sites is 1. The number of nitrogens with one attached hydrogen (secondary N) is 1. The van der Waals surface area contributed by atoms with Crippen LogP contribution in [0, 0.1) is 0 Å². The smallest absolute Gasteiger partial charge is 0.253 e. The fourth-order valence-corrected chi connectivity index (χ4v) is 4.54. The molecular weight excluding hydrogens is 384 g/mol. The van der Waals surface area contributed by atoms with Gasteiger partial charge in [-0.25, -0.2) is 0 Å². The Kier molecular flexibility index (Phi) is 6.27. The number of nitrogens with zero attached hydrogens (tertiary/aromatic N) is 3. The summed E-state index contributed by atoms with van der Waals surface area (Å²) in [6, 6.07) is 15.6. The number of hydrogen-bond acceptors (Lipinski definition) is 6. The molecule has 0 saturated carbocycles. The third-order valence-electron chi connectivity index (χ3n) is 5.42. The van der Waals surface area contributed by atoms with Crippen LogP contribution in [0.15, 0.2) is 48.5 Å². The molecule has 1 aliphatic heterocycles. The highest BCUT2D eigenvalue weighted by atomic mass is 32.1. The topological polar surface area (TPSA) is 74.5 Å². The summed E-state index contributed by atoms with van der Waals surface area (Å²) in [7, 11) is 0. The molecule has 1 aromatic heterocycles. The van der Waals surface area contributed by atoms with E-state index in [0.717, 1.165) is 51.4 Å². The van der Waals surface area contributed by atoms with Crippen LogP contribution in [0.1, 0.15) is 23.2 Å². The fraction of sp³-hybridized carbons (Fsp3) is 0.364. The summed E-state index contributed by atoms with van der Waals surface area (Å²) in [5, 5.41) is 4.23. The van der Waals surface area contributed by atoms with Gasteiger partial charge in [0.1, 0.15) is 5.82 Å². The van der Waals surface area contributed by atoms with Crippen LogP contribution in [0.2, 0.25) is 0 Å². The quantitative estimate of drug-likeness (QED) is 0.461. The Labute approximate surface area is 175 Å². The Bertz CT molecular complexity index is 965. The summed E-state index contributed by atoms with van der Waals surface area (Å²) in [6.45, 7) is 5.87. The van der Waals surface area contributed by atoms with E-state index in [1.165, 1.54) is 10.1 Å². The van der Waals surface area contributed by atoms with Gasteiger partial charge in [-0.1, -0.05) is 24.3 Å². The first-order chi connectivity index (χ1) is 14.2.